The van der Waals surface area contributed by atoms with E-state index in [9.17, 15) is 9.59 Å². The van der Waals surface area contributed by atoms with Crippen LogP contribution >= 0.6 is 0 Å². The van der Waals surface area contributed by atoms with Crippen LogP contribution < -0.4 is 10.6 Å². The number of piperidine rings is 1. The van der Waals surface area contributed by atoms with Crippen molar-refractivity contribution >= 4 is 11.8 Å². The van der Waals surface area contributed by atoms with Crippen molar-refractivity contribution in [3.63, 3.8) is 0 Å². The van der Waals surface area contributed by atoms with Gasteiger partial charge in [0, 0.05) is 38.7 Å². The molecule has 2 N–H and O–H groups in total. The summed E-state index contributed by atoms with van der Waals surface area (Å²) in [7, 11) is 1.67. The van der Waals surface area contributed by atoms with Crippen molar-refractivity contribution in [2.45, 2.75) is 51.3 Å². The maximum absolute atomic E-state index is 12.2. The molecule has 6 nitrogen and oxygen atoms in total. The Morgan fingerprint density at radius 1 is 1.29 bits per heavy atom. The second-order valence-electron chi connectivity index (χ2n) is 6.32. The van der Waals surface area contributed by atoms with Crippen LogP contribution in [-0.4, -0.2) is 61.6 Å². The van der Waals surface area contributed by atoms with E-state index in [0.717, 1.165) is 38.9 Å². The lowest BCUT2D eigenvalue weighted by atomic mass is 10.0. The van der Waals surface area contributed by atoms with E-state index < -0.39 is 0 Å². The minimum Gasteiger partial charge on any atom is -0.380 e. The molecule has 0 saturated carbocycles. The standard InChI is InChI=1S/C15H27N3O3/c1-10(2)15(20)18-6-4-11(5-7-18)17-14(19)13-8-12(21-3)9-16-13/h10-13,16H,4-9H2,1-3H3,(H,17,19). The second-order valence-corrected chi connectivity index (χ2v) is 6.32. The summed E-state index contributed by atoms with van der Waals surface area (Å²) in [6, 6.07) is 0.0300. The van der Waals surface area contributed by atoms with Crippen LogP contribution in [0.5, 0.6) is 0 Å². The third-order valence-electron chi connectivity index (χ3n) is 4.39. The van der Waals surface area contributed by atoms with Crippen LogP contribution in [0, 0.1) is 5.92 Å². The summed E-state index contributed by atoms with van der Waals surface area (Å²) < 4.78 is 5.26. The Balaban J connectivity index is 1.73. The Labute approximate surface area is 126 Å². The van der Waals surface area contributed by atoms with Gasteiger partial charge in [-0.25, -0.2) is 0 Å². The molecule has 0 aromatic heterocycles. The Bertz CT molecular complexity index is 378. The molecule has 2 heterocycles. The van der Waals surface area contributed by atoms with E-state index in [0.29, 0.717) is 0 Å². The highest BCUT2D eigenvalue weighted by Crippen LogP contribution is 2.15. The van der Waals surface area contributed by atoms with Gasteiger partial charge in [-0.2, -0.15) is 0 Å². The third kappa shape index (κ3) is 4.17. The minimum absolute atomic E-state index is 0.0461. The highest BCUT2D eigenvalue weighted by atomic mass is 16.5. The van der Waals surface area contributed by atoms with E-state index in [4.69, 9.17) is 4.74 Å². The number of carbonyl (C=O) groups excluding carboxylic acids is 2. The Morgan fingerprint density at radius 2 is 1.95 bits per heavy atom. The van der Waals surface area contributed by atoms with Gasteiger partial charge in [0.05, 0.1) is 12.1 Å². The largest absolute Gasteiger partial charge is 0.380 e. The van der Waals surface area contributed by atoms with Crippen LogP contribution in [0.15, 0.2) is 0 Å². The summed E-state index contributed by atoms with van der Waals surface area (Å²) in [6.07, 6.45) is 2.54. The van der Waals surface area contributed by atoms with Gasteiger partial charge < -0.3 is 20.3 Å². The zero-order chi connectivity index (χ0) is 15.4. The molecular formula is C15H27N3O3. The fraction of sp³-hybridized carbons (Fsp3) is 0.867. The van der Waals surface area contributed by atoms with E-state index in [-0.39, 0.29) is 35.9 Å². The average molecular weight is 297 g/mol. The first kappa shape index (κ1) is 16.2. The number of nitrogens with zero attached hydrogens (tertiary/aromatic N) is 1. The summed E-state index contributed by atoms with van der Waals surface area (Å²) in [4.78, 5) is 26.0. The first-order valence-corrected chi connectivity index (χ1v) is 7.86. The maximum Gasteiger partial charge on any atom is 0.237 e. The molecule has 2 unspecified atom stereocenters. The summed E-state index contributed by atoms with van der Waals surface area (Å²) >= 11 is 0. The van der Waals surface area contributed by atoms with Crippen LogP contribution in [0.25, 0.3) is 0 Å². The number of nitrogens with one attached hydrogen (secondary N) is 2. The van der Waals surface area contributed by atoms with Crippen LogP contribution in [0.1, 0.15) is 33.1 Å². The average Bonchev–Trinajstić information content (AvgIpc) is 2.96. The molecule has 0 bridgehead atoms. The highest BCUT2D eigenvalue weighted by Gasteiger charge is 2.31. The second kappa shape index (κ2) is 7.22. The van der Waals surface area contributed by atoms with Gasteiger partial charge in [-0.3, -0.25) is 9.59 Å². The predicted octanol–water partition coefficient (Wildman–Crippen LogP) is 0.127. The fourth-order valence-electron chi connectivity index (χ4n) is 2.99. The quantitative estimate of drug-likeness (QED) is 0.773. The Hall–Kier alpha value is -1.14. The van der Waals surface area contributed by atoms with Gasteiger partial charge in [0.25, 0.3) is 0 Å². The van der Waals surface area contributed by atoms with Crippen molar-refractivity contribution in [3.05, 3.63) is 0 Å². The molecule has 2 aliphatic heterocycles. The maximum atomic E-state index is 12.2. The van der Waals surface area contributed by atoms with Gasteiger partial charge >= 0.3 is 0 Å². The summed E-state index contributed by atoms with van der Waals surface area (Å²) in [5.74, 6) is 0.313. The zero-order valence-corrected chi connectivity index (χ0v) is 13.2. The molecule has 2 amide bonds. The monoisotopic (exact) mass is 297 g/mol. The normalized spacial score (nSPS) is 27.1. The van der Waals surface area contributed by atoms with Gasteiger partial charge in [-0.1, -0.05) is 13.8 Å². The molecule has 6 heteroatoms. The van der Waals surface area contributed by atoms with Crippen LogP contribution in [-0.2, 0) is 14.3 Å². The molecule has 2 atom stereocenters. The summed E-state index contributed by atoms with van der Waals surface area (Å²) in [6.45, 7) is 6.06. The molecule has 2 rings (SSSR count). The predicted molar refractivity (Wildman–Crippen MR) is 79.8 cm³/mol. The van der Waals surface area contributed by atoms with E-state index in [1.807, 2.05) is 18.7 Å². The first-order chi connectivity index (χ1) is 10.0. The number of likely N-dealkylation sites (tertiary alicyclic amines) is 1. The first-order valence-electron chi connectivity index (χ1n) is 7.86. The smallest absolute Gasteiger partial charge is 0.237 e. The fourth-order valence-corrected chi connectivity index (χ4v) is 2.99. The van der Waals surface area contributed by atoms with Gasteiger partial charge in [0.15, 0.2) is 0 Å². The van der Waals surface area contributed by atoms with Crippen molar-refractivity contribution in [1.82, 2.24) is 15.5 Å². The van der Waals surface area contributed by atoms with Gasteiger partial charge in [0.2, 0.25) is 11.8 Å². The molecule has 2 fully saturated rings. The summed E-state index contributed by atoms with van der Waals surface area (Å²) in [5, 5.41) is 6.29. The van der Waals surface area contributed by atoms with Crippen molar-refractivity contribution in [1.29, 1.82) is 0 Å². The lowest BCUT2D eigenvalue weighted by Gasteiger charge is -2.33. The topological polar surface area (TPSA) is 70.7 Å². The van der Waals surface area contributed by atoms with Gasteiger partial charge in [-0.05, 0) is 19.3 Å². The van der Waals surface area contributed by atoms with Crippen LogP contribution in [0.4, 0.5) is 0 Å². The number of hydrogen-bond acceptors (Lipinski definition) is 4. The number of ether oxygens (including phenoxy) is 1. The zero-order valence-electron chi connectivity index (χ0n) is 13.2. The SMILES string of the molecule is COC1CNC(C(=O)NC2CCN(C(=O)C(C)C)CC2)C1. The molecule has 2 aliphatic rings. The van der Waals surface area contributed by atoms with Crippen molar-refractivity contribution < 1.29 is 14.3 Å². The molecule has 0 aromatic rings. The van der Waals surface area contributed by atoms with E-state index in [1.165, 1.54) is 0 Å². The molecule has 0 radical (unpaired) electrons. The van der Waals surface area contributed by atoms with Gasteiger partial charge in [0.1, 0.15) is 0 Å². The molecule has 0 spiro atoms. The van der Waals surface area contributed by atoms with Crippen molar-refractivity contribution in [2.75, 3.05) is 26.7 Å². The molecule has 0 aliphatic carbocycles. The van der Waals surface area contributed by atoms with E-state index >= 15 is 0 Å². The van der Waals surface area contributed by atoms with E-state index in [1.54, 1.807) is 7.11 Å². The lowest BCUT2D eigenvalue weighted by molar-refractivity contribution is -0.135. The number of amides is 2. The number of hydrogen-bond donors (Lipinski definition) is 2. The molecule has 21 heavy (non-hydrogen) atoms. The third-order valence-corrected chi connectivity index (χ3v) is 4.39. The number of methoxy groups -OCH3 is 1. The minimum atomic E-state index is -0.148. The lowest BCUT2D eigenvalue weighted by Crippen LogP contribution is -2.50. The Kier molecular flexibility index (Phi) is 5.58. The van der Waals surface area contributed by atoms with Gasteiger partial charge in [-0.15, -0.1) is 0 Å². The van der Waals surface area contributed by atoms with Crippen LogP contribution in [0.3, 0.4) is 0 Å². The van der Waals surface area contributed by atoms with Crippen molar-refractivity contribution in [3.8, 4) is 0 Å². The van der Waals surface area contributed by atoms with Crippen molar-refractivity contribution in [2.24, 2.45) is 5.92 Å². The Morgan fingerprint density at radius 3 is 2.48 bits per heavy atom. The molecule has 120 valence electrons. The molecular weight excluding hydrogens is 270 g/mol. The number of rotatable bonds is 4. The van der Waals surface area contributed by atoms with Crippen LogP contribution in [0.2, 0.25) is 0 Å². The molecule has 2 saturated heterocycles. The summed E-state index contributed by atoms with van der Waals surface area (Å²) in [5.41, 5.74) is 0. The molecule has 0 aromatic carbocycles. The highest BCUT2D eigenvalue weighted by molar-refractivity contribution is 5.82. The number of carbonyl (C=O) groups is 2. The van der Waals surface area contributed by atoms with E-state index in [2.05, 4.69) is 10.6 Å².